The Hall–Kier alpha value is -1.75. The van der Waals surface area contributed by atoms with Gasteiger partial charge in [0.2, 0.25) is 0 Å². The van der Waals surface area contributed by atoms with E-state index in [9.17, 15) is 19.8 Å². The van der Waals surface area contributed by atoms with Gasteiger partial charge < -0.3 is 15.1 Å². The minimum Gasteiger partial charge on any atom is -0.506 e. The van der Waals surface area contributed by atoms with Crippen LogP contribution in [0, 0.1) is 5.41 Å². The van der Waals surface area contributed by atoms with E-state index in [1.807, 2.05) is 6.92 Å². The molecule has 5 nitrogen and oxygen atoms in total. The lowest BCUT2D eigenvalue weighted by atomic mass is 9.77. The molecule has 0 bridgehead atoms. The van der Waals surface area contributed by atoms with Crippen LogP contribution < -0.4 is 0 Å². The molecule has 6 heteroatoms. The number of phenolic OH excluding ortho intramolecular Hbond substituents is 1. The first-order valence-electron chi connectivity index (χ1n) is 6.91. The number of carbonyl (C=O) groups is 2. The predicted octanol–water partition coefficient (Wildman–Crippen LogP) is 2.76. The number of carboxylic acid groups (broad SMARTS) is 1. The Morgan fingerprint density at radius 1 is 1.43 bits per heavy atom. The van der Waals surface area contributed by atoms with Crippen LogP contribution >= 0.6 is 11.6 Å². The quantitative estimate of drug-likeness (QED) is 0.899. The first-order chi connectivity index (χ1) is 9.89. The lowest BCUT2D eigenvalue weighted by Crippen LogP contribution is -2.49. The summed E-state index contributed by atoms with van der Waals surface area (Å²) in [5.74, 6) is -1.19. The number of phenols is 1. The molecule has 1 aromatic carbocycles. The number of hydrogen-bond donors (Lipinski definition) is 2. The number of rotatable bonds is 3. The third-order valence-corrected chi connectivity index (χ3v) is 4.49. The van der Waals surface area contributed by atoms with E-state index in [1.165, 1.54) is 18.2 Å². The van der Waals surface area contributed by atoms with Crippen molar-refractivity contribution in [2.75, 3.05) is 13.1 Å². The molecular formula is C15H18ClNO4. The van der Waals surface area contributed by atoms with Gasteiger partial charge in [0.25, 0.3) is 5.91 Å². The van der Waals surface area contributed by atoms with Gasteiger partial charge in [-0.1, -0.05) is 18.5 Å². The highest BCUT2D eigenvalue weighted by molar-refractivity contribution is 6.32. The van der Waals surface area contributed by atoms with Crippen molar-refractivity contribution in [3.63, 3.8) is 0 Å². The summed E-state index contributed by atoms with van der Waals surface area (Å²) < 4.78 is 0. The monoisotopic (exact) mass is 311 g/mol. The zero-order chi connectivity index (χ0) is 15.6. The second-order valence-corrected chi connectivity index (χ2v) is 5.84. The van der Waals surface area contributed by atoms with Crippen molar-refractivity contribution >= 4 is 23.5 Å². The fourth-order valence-corrected chi connectivity index (χ4v) is 2.92. The van der Waals surface area contributed by atoms with Crippen molar-refractivity contribution < 1.29 is 19.8 Å². The highest BCUT2D eigenvalue weighted by Crippen LogP contribution is 2.34. The molecule has 2 N–H and O–H groups in total. The number of piperidine rings is 1. The fourth-order valence-electron chi connectivity index (χ4n) is 2.74. The molecule has 1 saturated heterocycles. The van der Waals surface area contributed by atoms with E-state index in [4.69, 9.17) is 11.6 Å². The molecule has 1 amide bonds. The van der Waals surface area contributed by atoms with Crippen LogP contribution in [-0.4, -0.2) is 40.1 Å². The number of amides is 1. The normalized spacial score (nSPS) is 22.1. The number of nitrogens with zero attached hydrogens (tertiary/aromatic N) is 1. The molecule has 1 aliphatic heterocycles. The van der Waals surface area contributed by atoms with Crippen molar-refractivity contribution in [2.45, 2.75) is 26.2 Å². The zero-order valence-electron chi connectivity index (χ0n) is 11.8. The molecule has 21 heavy (non-hydrogen) atoms. The summed E-state index contributed by atoms with van der Waals surface area (Å²) in [7, 11) is 0. The van der Waals surface area contributed by atoms with Gasteiger partial charge in [0, 0.05) is 18.7 Å². The second kappa shape index (κ2) is 5.93. The van der Waals surface area contributed by atoms with Gasteiger partial charge in [0.05, 0.1) is 10.4 Å². The summed E-state index contributed by atoms with van der Waals surface area (Å²) in [6.07, 6.45) is 1.74. The summed E-state index contributed by atoms with van der Waals surface area (Å²) in [6, 6.07) is 4.26. The third kappa shape index (κ3) is 2.97. The molecule has 1 aliphatic rings. The Bertz CT molecular complexity index is 575. The van der Waals surface area contributed by atoms with Crippen molar-refractivity contribution in [1.82, 2.24) is 4.90 Å². The van der Waals surface area contributed by atoms with Gasteiger partial charge in [-0.3, -0.25) is 9.59 Å². The smallest absolute Gasteiger partial charge is 0.311 e. The van der Waals surface area contributed by atoms with Crippen molar-refractivity contribution in [3.05, 3.63) is 28.8 Å². The second-order valence-electron chi connectivity index (χ2n) is 5.44. The number of aromatic hydroxyl groups is 1. The van der Waals surface area contributed by atoms with Crippen molar-refractivity contribution in [1.29, 1.82) is 0 Å². The Balaban J connectivity index is 2.22. The molecule has 0 saturated carbocycles. The molecule has 1 fully saturated rings. The van der Waals surface area contributed by atoms with Gasteiger partial charge >= 0.3 is 5.97 Å². The number of aliphatic carboxylic acids is 1. The average Bonchev–Trinajstić information content (AvgIpc) is 2.49. The standard InChI is InChI=1S/C15H18ClNO4/c1-2-15(14(20)21)6-3-7-17(9-15)13(19)10-4-5-12(18)11(16)8-10/h4-5,8,18H,2-3,6-7,9H2,1H3,(H,20,21)/t15-/m1/s1. The summed E-state index contributed by atoms with van der Waals surface area (Å²) in [6.45, 7) is 2.57. The lowest BCUT2D eigenvalue weighted by molar-refractivity contribution is -0.152. The van der Waals surface area contributed by atoms with Gasteiger partial charge in [-0.25, -0.2) is 0 Å². The number of likely N-dealkylation sites (tertiary alicyclic amines) is 1. The summed E-state index contributed by atoms with van der Waals surface area (Å²) in [5, 5.41) is 19.0. The number of benzene rings is 1. The molecule has 1 heterocycles. The van der Waals surface area contributed by atoms with Crippen LogP contribution in [-0.2, 0) is 4.79 Å². The Kier molecular flexibility index (Phi) is 4.42. The molecule has 0 unspecified atom stereocenters. The van der Waals surface area contributed by atoms with E-state index >= 15 is 0 Å². The van der Waals surface area contributed by atoms with E-state index in [-0.39, 0.29) is 23.2 Å². The highest BCUT2D eigenvalue weighted by Gasteiger charge is 2.42. The SMILES string of the molecule is CC[C@@]1(C(=O)O)CCCN(C(=O)c2ccc(O)c(Cl)c2)C1. The zero-order valence-corrected chi connectivity index (χ0v) is 12.6. The van der Waals surface area contributed by atoms with Gasteiger partial charge in [0.1, 0.15) is 5.75 Å². The predicted molar refractivity (Wildman–Crippen MR) is 78.6 cm³/mol. The maximum absolute atomic E-state index is 12.5. The lowest BCUT2D eigenvalue weighted by Gasteiger charge is -2.39. The number of carboxylic acids is 1. The average molecular weight is 312 g/mol. The molecule has 0 aliphatic carbocycles. The van der Waals surface area contributed by atoms with Crippen LogP contribution in [0.15, 0.2) is 18.2 Å². The molecule has 0 spiro atoms. The van der Waals surface area contributed by atoms with E-state index < -0.39 is 11.4 Å². The van der Waals surface area contributed by atoms with Gasteiger partial charge in [-0.15, -0.1) is 0 Å². The Labute approximate surface area is 128 Å². The fraction of sp³-hybridized carbons (Fsp3) is 0.467. The van der Waals surface area contributed by atoms with Crippen LogP contribution in [0.5, 0.6) is 5.75 Å². The minimum atomic E-state index is -0.866. The maximum Gasteiger partial charge on any atom is 0.311 e. The number of carbonyl (C=O) groups excluding carboxylic acids is 1. The van der Waals surface area contributed by atoms with E-state index in [0.717, 1.165) is 0 Å². The van der Waals surface area contributed by atoms with E-state index in [0.29, 0.717) is 31.4 Å². The molecule has 0 aromatic heterocycles. The van der Waals surface area contributed by atoms with Gasteiger partial charge in [-0.05, 0) is 37.5 Å². The summed E-state index contributed by atoms with van der Waals surface area (Å²) in [5.41, 5.74) is -0.510. The van der Waals surface area contributed by atoms with Crippen LogP contribution in [0.2, 0.25) is 5.02 Å². The minimum absolute atomic E-state index is 0.0831. The van der Waals surface area contributed by atoms with Gasteiger partial charge in [0.15, 0.2) is 0 Å². The maximum atomic E-state index is 12.5. The molecule has 0 radical (unpaired) electrons. The first kappa shape index (κ1) is 15.6. The van der Waals surface area contributed by atoms with Crippen LogP contribution in [0.25, 0.3) is 0 Å². The van der Waals surface area contributed by atoms with Crippen LogP contribution in [0.3, 0.4) is 0 Å². The number of halogens is 1. The molecule has 1 atom stereocenters. The van der Waals surface area contributed by atoms with E-state index in [1.54, 1.807) is 4.90 Å². The largest absolute Gasteiger partial charge is 0.506 e. The van der Waals surface area contributed by atoms with Gasteiger partial charge in [-0.2, -0.15) is 0 Å². The summed E-state index contributed by atoms with van der Waals surface area (Å²) >= 11 is 5.82. The van der Waals surface area contributed by atoms with E-state index in [2.05, 4.69) is 0 Å². The topological polar surface area (TPSA) is 77.8 Å². The first-order valence-corrected chi connectivity index (χ1v) is 7.28. The Morgan fingerprint density at radius 2 is 2.14 bits per heavy atom. The summed E-state index contributed by atoms with van der Waals surface area (Å²) in [4.78, 5) is 25.6. The molecular weight excluding hydrogens is 294 g/mol. The van der Waals surface area contributed by atoms with Crippen LogP contribution in [0.1, 0.15) is 36.5 Å². The highest BCUT2D eigenvalue weighted by atomic mass is 35.5. The Morgan fingerprint density at radius 3 is 2.71 bits per heavy atom. The van der Waals surface area contributed by atoms with Crippen molar-refractivity contribution in [3.8, 4) is 5.75 Å². The molecule has 1 aromatic rings. The van der Waals surface area contributed by atoms with Crippen molar-refractivity contribution in [2.24, 2.45) is 5.41 Å². The molecule has 114 valence electrons. The van der Waals surface area contributed by atoms with Crippen LogP contribution in [0.4, 0.5) is 0 Å². The molecule has 2 rings (SSSR count). The third-order valence-electron chi connectivity index (χ3n) is 4.19. The number of hydrogen-bond acceptors (Lipinski definition) is 3.